The normalized spacial score (nSPS) is 17.7. The molecule has 0 radical (unpaired) electrons. The summed E-state index contributed by atoms with van der Waals surface area (Å²) in [6, 6.07) is 14.2. The van der Waals surface area contributed by atoms with E-state index in [4.69, 9.17) is 9.84 Å². The van der Waals surface area contributed by atoms with Crippen molar-refractivity contribution in [1.82, 2.24) is 4.90 Å². The fourth-order valence-electron chi connectivity index (χ4n) is 3.59. The number of hydrogen-bond acceptors (Lipinski definition) is 6. The number of nitrogens with two attached hydrogens (primary N) is 1. The minimum atomic E-state index is -0.797. The lowest BCUT2D eigenvalue weighted by Crippen LogP contribution is -2.86. The number of amides is 1. The smallest absolute Gasteiger partial charge is 0.337 e. The summed E-state index contributed by atoms with van der Waals surface area (Å²) in [6.45, 7) is 1.22. The molecule has 2 aromatic carbocycles. The number of esters is 1. The van der Waals surface area contributed by atoms with E-state index in [1.807, 2.05) is 5.32 Å². The number of aliphatic hydroxyl groups is 2. The third-order valence-corrected chi connectivity index (χ3v) is 5.14. The van der Waals surface area contributed by atoms with Gasteiger partial charge in [-0.3, -0.25) is 9.59 Å². The van der Waals surface area contributed by atoms with Crippen molar-refractivity contribution in [3.63, 3.8) is 0 Å². The molecular weight excluding hydrogens is 400 g/mol. The van der Waals surface area contributed by atoms with Gasteiger partial charge in [0.2, 0.25) is 0 Å². The molecule has 4 N–H and O–H groups in total. The fraction of sp³-hybridized carbons (Fsp3) is 0.261. The number of benzene rings is 2. The number of methoxy groups -OCH3 is 1. The molecule has 0 aromatic heterocycles. The van der Waals surface area contributed by atoms with Crippen LogP contribution >= 0.6 is 0 Å². The first kappa shape index (κ1) is 22.2. The molecule has 0 bridgehead atoms. The Morgan fingerprint density at radius 1 is 1.03 bits per heavy atom. The van der Waals surface area contributed by atoms with Gasteiger partial charge in [0, 0.05) is 5.56 Å². The van der Waals surface area contributed by atoms with Gasteiger partial charge in [-0.05, 0) is 17.7 Å². The van der Waals surface area contributed by atoms with Crippen LogP contribution < -0.4 is 5.32 Å². The average molecular weight is 425 g/mol. The van der Waals surface area contributed by atoms with Crippen molar-refractivity contribution >= 4 is 23.4 Å². The van der Waals surface area contributed by atoms with Gasteiger partial charge in [-0.15, -0.1) is 0 Å². The highest BCUT2D eigenvalue weighted by Gasteiger charge is 2.46. The molecule has 162 valence electrons. The molecule has 1 aliphatic rings. The highest BCUT2D eigenvalue weighted by atomic mass is 16.5. The minimum absolute atomic E-state index is 0.00387. The van der Waals surface area contributed by atoms with Gasteiger partial charge in [-0.2, -0.15) is 0 Å². The Morgan fingerprint density at radius 2 is 1.71 bits per heavy atom. The van der Waals surface area contributed by atoms with Crippen LogP contribution in [-0.2, 0) is 14.3 Å². The van der Waals surface area contributed by atoms with E-state index in [9.17, 15) is 19.5 Å². The van der Waals surface area contributed by atoms with Crippen molar-refractivity contribution in [3.8, 4) is 0 Å². The number of rotatable bonds is 8. The number of carbonyl (C=O) groups excluding carboxylic acids is 3. The third kappa shape index (κ3) is 4.65. The number of hydrogen-bond donors (Lipinski definition) is 3. The molecule has 3 rings (SSSR count). The van der Waals surface area contributed by atoms with Crippen molar-refractivity contribution in [2.75, 3.05) is 33.4 Å². The molecule has 8 nitrogen and oxygen atoms in total. The Labute approximate surface area is 179 Å². The Bertz CT molecular complexity index is 985. The van der Waals surface area contributed by atoms with Crippen LogP contribution in [0, 0.1) is 0 Å². The number of aliphatic hydroxyl groups excluding tert-OH is 2. The summed E-state index contributed by atoms with van der Waals surface area (Å²) in [5.41, 5.74) is 1.36. The van der Waals surface area contributed by atoms with Crippen LogP contribution in [0.15, 0.2) is 60.2 Å². The molecular formula is C23H25N2O6+. The van der Waals surface area contributed by atoms with Crippen molar-refractivity contribution < 1.29 is 34.7 Å². The van der Waals surface area contributed by atoms with Gasteiger partial charge in [0.15, 0.2) is 0 Å². The van der Waals surface area contributed by atoms with Gasteiger partial charge >= 0.3 is 5.97 Å². The maximum Gasteiger partial charge on any atom is 0.337 e. The standard InChI is InChI=1S/C23H24N2O6/c1-31-23(30)17-9-7-15(8-10-17)19-18(20(27)16-5-3-2-4-6-16)21(28)22(29)25(19)13-11-24-12-14-26/h2-10,19,24,26-27H,11-14H2,1H3/p+1/t19-/m1/s1. The van der Waals surface area contributed by atoms with Gasteiger partial charge in [-0.1, -0.05) is 42.5 Å². The summed E-state index contributed by atoms with van der Waals surface area (Å²) in [6.07, 6.45) is 0. The van der Waals surface area contributed by atoms with Crippen molar-refractivity contribution in [2.45, 2.75) is 6.04 Å². The van der Waals surface area contributed by atoms with Crippen LogP contribution in [0.1, 0.15) is 27.5 Å². The molecule has 1 heterocycles. The zero-order chi connectivity index (χ0) is 22.4. The second-order valence-electron chi connectivity index (χ2n) is 7.06. The van der Waals surface area contributed by atoms with E-state index in [1.54, 1.807) is 54.6 Å². The number of carbonyl (C=O) groups is 3. The number of likely N-dealkylation sites (tertiary alicyclic amines) is 1. The predicted octanol–water partition coefficient (Wildman–Crippen LogP) is 0.451. The molecule has 1 atom stereocenters. The second kappa shape index (κ2) is 10.0. The molecule has 1 amide bonds. The van der Waals surface area contributed by atoms with Crippen LogP contribution in [0.4, 0.5) is 0 Å². The summed E-state index contributed by atoms with van der Waals surface area (Å²) in [7, 11) is 1.29. The first-order valence-corrected chi connectivity index (χ1v) is 9.94. The lowest BCUT2D eigenvalue weighted by molar-refractivity contribution is -0.655. The van der Waals surface area contributed by atoms with E-state index in [0.29, 0.717) is 29.8 Å². The van der Waals surface area contributed by atoms with E-state index >= 15 is 0 Å². The lowest BCUT2D eigenvalue weighted by Gasteiger charge is -2.24. The summed E-state index contributed by atoms with van der Waals surface area (Å²) < 4.78 is 4.72. The number of ether oxygens (including phenoxy) is 1. The molecule has 2 aromatic rings. The SMILES string of the molecule is COC(=O)c1ccc([C@@H]2C(=C(O)c3ccccc3)C(=O)C(=O)N2CC[NH2+]CCO)cc1. The summed E-state index contributed by atoms with van der Waals surface area (Å²) in [5, 5.41) is 21.7. The number of Topliss-reactive ketones (excluding diaryl/α,β-unsaturated/α-hetero) is 1. The maximum atomic E-state index is 12.9. The maximum absolute atomic E-state index is 12.9. The largest absolute Gasteiger partial charge is 0.507 e. The molecule has 0 spiro atoms. The van der Waals surface area contributed by atoms with Crippen molar-refractivity contribution in [2.24, 2.45) is 0 Å². The molecule has 1 fully saturated rings. The monoisotopic (exact) mass is 425 g/mol. The molecule has 1 aliphatic heterocycles. The zero-order valence-corrected chi connectivity index (χ0v) is 17.2. The van der Waals surface area contributed by atoms with Crippen LogP contribution in [0.25, 0.3) is 5.76 Å². The Morgan fingerprint density at radius 3 is 2.32 bits per heavy atom. The van der Waals surface area contributed by atoms with E-state index in [0.717, 1.165) is 0 Å². The number of quaternary nitrogens is 1. The van der Waals surface area contributed by atoms with E-state index < -0.39 is 23.7 Å². The van der Waals surface area contributed by atoms with E-state index in [-0.39, 0.29) is 24.5 Å². The first-order valence-electron chi connectivity index (χ1n) is 9.94. The number of ketones is 1. The summed E-state index contributed by atoms with van der Waals surface area (Å²) in [4.78, 5) is 38.9. The quantitative estimate of drug-likeness (QED) is 0.186. The van der Waals surface area contributed by atoms with Gasteiger partial charge in [-0.25, -0.2) is 4.79 Å². The fourth-order valence-corrected chi connectivity index (χ4v) is 3.59. The van der Waals surface area contributed by atoms with Gasteiger partial charge in [0.1, 0.15) is 5.76 Å². The average Bonchev–Trinajstić information content (AvgIpc) is 3.06. The van der Waals surface area contributed by atoms with Gasteiger partial charge in [0.05, 0.1) is 50.5 Å². The van der Waals surface area contributed by atoms with E-state index in [2.05, 4.69) is 0 Å². The molecule has 31 heavy (non-hydrogen) atoms. The lowest BCUT2D eigenvalue weighted by atomic mass is 9.94. The van der Waals surface area contributed by atoms with Crippen molar-refractivity contribution in [1.29, 1.82) is 0 Å². The van der Waals surface area contributed by atoms with Crippen molar-refractivity contribution in [3.05, 3.63) is 76.9 Å². The van der Waals surface area contributed by atoms with Crippen LogP contribution in [0.3, 0.4) is 0 Å². The number of nitrogens with zero attached hydrogens (tertiary/aromatic N) is 1. The van der Waals surface area contributed by atoms with Crippen LogP contribution in [0.5, 0.6) is 0 Å². The van der Waals surface area contributed by atoms with E-state index in [1.165, 1.54) is 12.0 Å². The Kier molecular flexibility index (Phi) is 7.17. The molecule has 8 heteroatoms. The highest BCUT2D eigenvalue weighted by Crippen LogP contribution is 2.39. The third-order valence-electron chi connectivity index (χ3n) is 5.14. The van der Waals surface area contributed by atoms with Gasteiger partial charge < -0.3 is 25.2 Å². The molecule has 0 aliphatic carbocycles. The van der Waals surface area contributed by atoms with Crippen LogP contribution in [0.2, 0.25) is 0 Å². The Balaban J connectivity index is 2.05. The minimum Gasteiger partial charge on any atom is -0.507 e. The zero-order valence-electron chi connectivity index (χ0n) is 17.2. The highest BCUT2D eigenvalue weighted by molar-refractivity contribution is 6.46. The predicted molar refractivity (Wildman–Crippen MR) is 112 cm³/mol. The molecule has 0 saturated carbocycles. The van der Waals surface area contributed by atoms with Crippen LogP contribution in [-0.4, -0.2) is 66.1 Å². The molecule has 1 saturated heterocycles. The Hall–Kier alpha value is -3.49. The second-order valence-corrected chi connectivity index (χ2v) is 7.06. The van der Waals surface area contributed by atoms with Gasteiger partial charge in [0.25, 0.3) is 11.7 Å². The first-order chi connectivity index (χ1) is 15.0. The summed E-state index contributed by atoms with van der Waals surface area (Å²) >= 11 is 0. The topological polar surface area (TPSA) is 121 Å². The molecule has 0 unspecified atom stereocenters. The summed E-state index contributed by atoms with van der Waals surface area (Å²) in [5.74, 6) is -2.20.